The lowest BCUT2D eigenvalue weighted by molar-refractivity contribution is 0.0955. The van der Waals surface area contributed by atoms with Gasteiger partial charge in [0.2, 0.25) is 10.0 Å². The average Bonchev–Trinajstić information content (AvgIpc) is 2.58. The standard InChI is InChI=1S/C15H21N3O5S/c1-18(7-4-5-16)24(20,21)8-6-17-15(19)12-9-13(22-2)11-14(10-12)23-3/h9-11H,4,6-8H2,1-3H3,(H,17,19). The minimum absolute atomic E-state index is 0.0441. The highest BCUT2D eigenvalue weighted by molar-refractivity contribution is 7.89. The van der Waals surface area contributed by atoms with Crippen molar-refractivity contribution in [3.63, 3.8) is 0 Å². The number of sulfonamides is 1. The highest BCUT2D eigenvalue weighted by atomic mass is 32.2. The first-order valence-electron chi connectivity index (χ1n) is 7.16. The summed E-state index contributed by atoms with van der Waals surface area (Å²) in [7, 11) is 0.831. The second-order valence-electron chi connectivity index (χ2n) is 4.90. The molecule has 1 aromatic carbocycles. The van der Waals surface area contributed by atoms with Crippen LogP contribution in [0, 0.1) is 11.3 Å². The summed E-state index contributed by atoms with van der Waals surface area (Å²) in [5.74, 6) is 0.246. The van der Waals surface area contributed by atoms with Gasteiger partial charge in [-0.05, 0) is 12.1 Å². The van der Waals surface area contributed by atoms with Gasteiger partial charge >= 0.3 is 0 Å². The molecule has 0 fully saturated rings. The first-order chi connectivity index (χ1) is 11.3. The Kier molecular flexibility index (Phi) is 7.48. The molecule has 0 aliphatic heterocycles. The zero-order valence-corrected chi connectivity index (χ0v) is 14.7. The van der Waals surface area contributed by atoms with E-state index in [9.17, 15) is 13.2 Å². The molecule has 0 radical (unpaired) electrons. The maximum atomic E-state index is 12.1. The third-order valence-electron chi connectivity index (χ3n) is 3.27. The molecule has 0 bridgehead atoms. The van der Waals surface area contributed by atoms with E-state index < -0.39 is 15.9 Å². The van der Waals surface area contributed by atoms with E-state index in [4.69, 9.17) is 14.7 Å². The van der Waals surface area contributed by atoms with Crippen molar-refractivity contribution in [2.75, 3.05) is 40.1 Å². The highest BCUT2D eigenvalue weighted by Crippen LogP contribution is 2.22. The molecule has 9 heteroatoms. The van der Waals surface area contributed by atoms with Crippen molar-refractivity contribution in [3.8, 4) is 17.6 Å². The van der Waals surface area contributed by atoms with Gasteiger partial charge in [-0.1, -0.05) is 0 Å². The molecular formula is C15H21N3O5S. The first-order valence-corrected chi connectivity index (χ1v) is 8.77. The minimum atomic E-state index is -3.52. The number of carbonyl (C=O) groups is 1. The number of nitriles is 1. The van der Waals surface area contributed by atoms with Crippen LogP contribution < -0.4 is 14.8 Å². The van der Waals surface area contributed by atoms with Crippen LogP contribution in [-0.2, 0) is 10.0 Å². The van der Waals surface area contributed by atoms with Crippen molar-refractivity contribution < 1.29 is 22.7 Å². The fraction of sp³-hybridized carbons (Fsp3) is 0.467. The maximum absolute atomic E-state index is 12.1. The van der Waals surface area contributed by atoms with Gasteiger partial charge in [0.1, 0.15) is 11.5 Å². The Balaban J connectivity index is 2.65. The fourth-order valence-corrected chi connectivity index (χ4v) is 2.88. The van der Waals surface area contributed by atoms with E-state index in [2.05, 4.69) is 5.32 Å². The van der Waals surface area contributed by atoms with Gasteiger partial charge in [0.05, 0.1) is 26.0 Å². The molecule has 1 aromatic rings. The van der Waals surface area contributed by atoms with E-state index in [1.165, 1.54) is 33.4 Å². The molecule has 0 spiro atoms. The number of hydrogen-bond donors (Lipinski definition) is 1. The Morgan fingerprint density at radius 2 is 1.83 bits per heavy atom. The lowest BCUT2D eigenvalue weighted by atomic mass is 10.2. The minimum Gasteiger partial charge on any atom is -0.497 e. The Morgan fingerprint density at radius 3 is 2.33 bits per heavy atom. The molecule has 0 heterocycles. The normalized spacial score (nSPS) is 11.0. The van der Waals surface area contributed by atoms with Crippen LogP contribution in [0.25, 0.3) is 0 Å². The molecule has 24 heavy (non-hydrogen) atoms. The highest BCUT2D eigenvalue weighted by Gasteiger charge is 2.18. The summed E-state index contributed by atoms with van der Waals surface area (Å²) in [6, 6.07) is 6.59. The molecule has 0 unspecified atom stereocenters. The van der Waals surface area contributed by atoms with Crippen molar-refractivity contribution >= 4 is 15.9 Å². The number of rotatable bonds is 9. The quantitative estimate of drug-likeness (QED) is 0.695. The third-order valence-corrected chi connectivity index (χ3v) is 5.12. The molecule has 0 saturated heterocycles. The van der Waals surface area contributed by atoms with Gasteiger partial charge in [0, 0.05) is 38.2 Å². The molecule has 0 saturated carbocycles. The van der Waals surface area contributed by atoms with E-state index in [0.29, 0.717) is 17.1 Å². The summed E-state index contributed by atoms with van der Waals surface area (Å²) in [6.45, 7) is 0.0808. The Hall–Kier alpha value is -2.31. The second-order valence-corrected chi connectivity index (χ2v) is 7.10. The average molecular weight is 355 g/mol. The van der Waals surface area contributed by atoms with Crippen LogP contribution >= 0.6 is 0 Å². The predicted molar refractivity (Wildman–Crippen MR) is 88.5 cm³/mol. The summed E-state index contributed by atoms with van der Waals surface area (Å²) in [5, 5.41) is 11.0. The zero-order valence-electron chi connectivity index (χ0n) is 13.9. The largest absolute Gasteiger partial charge is 0.497 e. The molecule has 0 atom stereocenters. The van der Waals surface area contributed by atoms with Crippen LogP contribution in [0.15, 0.2) is 18.2 Å². The molecule has 0 aromatic heterocycles. The SMILES string of the molecule is COc1cc(OC)cc(C(=O)NCCS(=O)(=O)N(C)CCC#N)c1. The summed E-state index contributed by atoms with van der Waals surface area (Å²) in [5.41, 5.74) is 0.307. The molecule has 132 valence electrons. The van der Waals surface area contributed by atoms with E-state index in [1.807, 2.05) is 6.07 Å². The number of hydrogen-bond acceptors (Lipinski definition) is 6. The van der Waals surface area contributed by atoms with Gasteiger partial charge in [-0.3, -0.25) is 4.79 Å². The molecule has 1 rings (SSSR count). The Bertz CT molecular complexity index is 690. The van der Waals surface area contributed by atoms with Crippen molar-refractivity contribution in [1.82, 2.24) is 9.62 Å². The van der Waals surface area contributed by atoms with E-state index >= 15 is 0 Å². The monoisotopic (exact) mass is 355 g/mol. The van der Waals surface area contributed by atoms with Gasteiger partial charge < -0.3 is 14.8 Å². The topological polar surface area (TPSA) is 109 Å². The van der Waals surface area contributed by atoms with Crippen LogP contribution in [0.2, 0.25) is 0 Å². The maximum Gasteiger partial charge on any atom is 0.251 e. The van der Waals surface area contributed by atoms with Crippen LogP contribution in [0.5, 0.6) is 11.5 Å². The van der Waals surface area contributed by atoms with Crippen LogP contribution in [0.1, 0.15) is 16.8 Å². The fourth-order valence-electron chi connectivity index (χ4n) is 1.84. The van der Waals surface area contributed by atoms with Gasteiger partial charge in [-0.2, -0.15) is 5.26 Å². The van der Waals surface area contributed by atoms with E-state index in [1.54, 1.807) is 6.07 Å². The van der Waals surface area contributed by atoms with Crippen molar-refractivity contribution in [3.05, 3.63) is 23.8 Å². The lowest BCUT2D eigenvalue weighted by Gasteiger charge is -2.15. The molecule has 1 amide bonds. The Labute approximate surface area is 142 Å². The number of methoxy groups -OCH3 is 2. The van der Waals surface area contributed by atoms with Gasteiger partial charge in [-0.15, -0.1) is 0 Å². The lowest BCUT2D eigenvalue weighted by Crippen LogP contribution is -2.36. The number of benzene rings is 1. The first kappa shape index (κ1) is 19.7. The van der Waals surface area contributed by atoms with E-state index in [0.717, 1.165) is 4.31 Å². The van der Waals surface area contributed by atoms with Gasteiger partial charge in [0.15, 0.2) is 0 Å². The molecule has 0 aliphatic carbocycles. The van der Waals surface area contributed by atoms with Gasteiger partial charge in [0.25, 0.3) is 5.91 Å². The summed E-state index contributed by atoms with van der Waals surface area (Å²) in [6.07, 6.45) is 0.117. The predicted octanol–water partition coefficient (Wildman–Crippen LogP) is 0.609. The molecule has 8 nitrogen and oxygen atoms in total. The Morgan fingerprint density at radius 1 is 1.25 bits per heavy atom. The number of carbonyl (C=O) groups excluding carboxylic acids is 1. The van der Waals surface area contributed by atoms with Crippen molar-refractivity contribution in [2.45, 2.75) is 6.42 Å². The third kappa shape index (κ3) is 5.72. The van der Waals surface area contributed by atoms with Crippen LogP contribution in [0.3, 0.4) is 0 Å². The van der Waals surface area contributed by atoms with Crippen molar-refractivity contribution in [2.24, 2.45) is 0 Å². The molecule has 1 N–H and O–H groups in total. The number of nitrogens with one attached hydrogen (secondary N) is 1. The molecule has 0 aliphatic rings. The zero-order chi connectivity index (χ0) is 18.2. The van der Waals surface area contributed by atoms with Crippen molar-refractivity contribution in [1.29, 1.82) is 5.26 Å². The summed E-state index contributed by atoms with van der Waals surface area (Å²) < 4.78 is 35.2. The van der Waals surface area contributed by atoms with Crippen LogP contribution in [-0.4, -0.2) is 58.7 Å². The number of ether oxygens (including phenoxy) is 2. The second kappa shape index (κ2) is 9.10. The number of nitrogens with zero attached hydrogens (tertiary/aromatic N) is 2. The molecular weight excluding hydrogens is 334 g/mol. The summed E-state index contributed by atoms with van der Waals surface area (Å²) >= 11 is 0. The van der Waals surface area contributed by atoms with Crippen LogP contribution in [0.4, 0.5) is 0 Å². The number of amides is 1. The van der Waals surface area contributed by atoms with E-state index in [-0.39, 0.29) is 25.3 Å². The smallest absolute Gasteiger partial charge is 0.251 e. The summed E-state index contributed by atoms with van der Waals surface area (Å²) in [4.78, 5) is 12.1. The van der Waals surface area contributed by atoms with Gasteiger partial charge in [-0.25, -0.2) is 12.7 Å².